The summed E-state index contributed by atoms with van der Waals surface area (Å²) in [4.78, 5) is 22.9. The molecule has 1 aliphatic heterocycles. The Balaban J connectivity index is 2.05. The summed E-state index contributed by atoms with van der Waals surface area (Å²) in [5, 5.41) is 6.63. The van der Waals surface area contributed by atoms with Gasteiger partial charge in [0.05, 0.1) is 19.3 Å². The average molecular weight is 382 g/mol. The first-order chi connectivity index (χ1) is 12.5. The number of aryl methyl sites for hydroxylation is 1. The number of carbonyl (C=O) groups excluding carboxylic acids is 1. The van der Waals surface area contributed by atoms with Crippen molar-refractivity contribution in [2.45, 2.75) is 19.9 Å². The highest BCUT2D eigenvalue weighted by molar-refractivity contribution is 7.12. The number of thiophene rings is 1. The van der Waals surface area contributed by atoms with Gasteiger partial charge in [-0.1, -0.05) is 0 Å². The lowest BCUT2D eigenvalue weighted by atomic mass is 10.2. The van der Waals surface area contributed by atoms with Crippen LogP contribution in [0.1, 0.15) is 22.7 Å². The number of morpholine rings is 1. The lowest BCUT2D eigenvalue weighted by Gasteiger charge is -2.34. The minimum absolute atomic E-state index is 0.0131. The van der Waals surface area contributed by atoms with E-state index in [4.69, 9.17) is 4.74 Å². The second-order valence-electron chi connectivity index (χ2n) is 6.48. The van der Waals surface area contributed by atoms with Crippen molar-refractivity contribution in [1.82, 2.24) is 20.4 Å². The van der Waals surface area contributed by atoms with E-state index in [9.17, 15) is 4.79 Å². The van der Waals surface area contributed by atoms with Crippen molar-refractivity contribution >= 4 is 23.2 Å². The molecule has 0 radical (unpaired) electrons. The molecule has 1 fully saturated rings. The molecule has 7 nitrogen and oxygen atoms in total. The Bertz CT molecular complexity index is 596. The highest BCUT2D eigenvalue weighted by atomic mass is 32.1. The van der Waals surface area contributed by atoms with Gasteiger partial charge < -0.3 is 20.3 Å². The van der Waals surface area contributed by atoms with E-state index in [2.05, 4.69) is 39.6 Å². The van der Waals surface area contributed by atoms with Crippen molar-refractivity contribution in [3.05, 3.63) is 21.9 Å². The number of amides is 1. The Kier molecular flexibility index (Phi) is 8.34. The molecule has 0 saturated carbocycles. The maximum Gasteiger partial charge on any atom is 0.243 e. The summed E-state index contributed by atoms with van der Waals surface area (Å²) in [6.45, 7) is 9.18. The third-order valence-electron chi connectivity index (χ3n) is 4.25. The molecule has 2 N–H and O–H groups in total. The van der Waals surface area contributed by atoms with E-state index in [-0.39, 0.29) is 18.5 Å². The normalized spacial score (nSPS) is 17.0. The van der Waals surface area contributed by atoms with E-state index in [1.54, 1.807) is 19.0 Å². The molecule has 0 aliphatic carbocycles. The first kappa shape index (κ1) is 20.7. The van der Waals surface area contributed by atoms with Crippen LogP contribution in [0.3, 0.4) is 0 Å². The van der Waals surface area contributed by atoms with Gasteiger partial charge in [-0.3, -0.25) is 9.69 Å². The van der Waals surface area contributed by atoms with E-state index >= 15 is 0 Å². The van der Waals surface area contributed by atoms with Crippen LogP contribution in [0.5, 0.6) is 0 Å². The topological polar surface area (TPSA) is 69.2 Å². The van der Waals surface area contributed by atoms with Crippen molar-refractivity contribution < 1.29 is 9.53 Å². The monoisotopic (exact) mass is 381 g/mol. The van der Waals surface area contributed by atoms with E-state index in [1.165, 1.54) is 9.75 Å². The third kappa shape index (κ3) is 6.26. The first-order valence-corrected chi connectivity index (χ1v) is 9.93. The minimum Gasteiger partial charge on any atom is -0.379 e. The number of hydrogen-bond donors (Lipinski definition) is 2. The van der Waals surface area contributed by atoms with Gasteiger partial charge in [0.25, 0.3) is 0 Å². The maximum atomic E-state index is 11.8. The van der Waals surface area contributed by atoms with E-state index < -0.39 is 0 Å². The van der Waals surface area contributed by atoms with Crippen LogP contribution < -0.4 is 10.6 Å². The standard InChI is InChI=1S/C18H31N5O2S/c1-5-19-18(21-13-17(24)22(3)4)20-12-15(16-7-6-14(2)26-16)23-8-10-25-11-9-23/h6-7,15H,5,8-13H2,1-4H3,(H2,19,20,21). The molecule has 1 aliphatic rings. The third-order valence-corrected chi connectivity index (χ3v) is 5.36. The molecule has 2 heterocycles. The van der Waals surface area contributed by atoms with Crippen LogP contribution in [0.15, 0.2) is 17.1 Å². The van der Waals surface area contributed by atoms with Crippen molar-refractivity contribution in [1.29, 1.82) is 0 Å². The Morgan fingerprint density at radius 2 is 2.08 bits per heavy atom. The molecule has 1 saturated heterocycles. The van der Waals surface area contributed by atoms with Gasteiger partial charge in [0, 0.05) is 50.0 Å². The van der Waals surface area contributed by atoms with Crippen LogP contribution >= 0.6 is 11.3 Å². The fourth-order valence-corrected chi connectivity index (χ4v) is 3.77. The van der Waals surface area contributed by atoms with Crippen LogP contribution in [-0.4, -0.2) is 81.7 Å². The minimum atomic E-state index is -0.0131. The number of carbonyl (C=O) groups is 1. The molecule has 26 heavy (non-hydrogen) atoms. The summed E-state index contributed by atoms with van der Waals surface area (Å²) in [5.74, 6) is 0.662. The molecule has 1 amide bonds. The summed E-state index contributed by atoms with van der Waals surface area (Å²) in [6, 6.07) is 4.65. The van der Waals surface area contributed by atoms with E-state index in [0.717, 1.165) is 39.4 Å². The molecule has 2 rings (SSSR count). The Labute approximate surface area is 160 Å². The number of likely N-dealkylation sites (N-methyl/N-ethyl adjacent to an activating group) is 1. The maximum absolute atomic E-state index is 11.8. The highest BCUT2D eigenvalue weighted by Crippen LogP contribution is 2.27. The summed E-state index contributed by atoms with van der Waals surface area (Å²) in [7, 11) is 3.48. The fraction of sp³-hybridized carbons (Fsp3) is 0.667. The Morgan fingerprint density at radius 1 is 1.35 bits per heavy atom. The van der Waals surface area contributed by atoms with Gasteiger partial charge >= 0.3 is 0 Å². The average Bonchev–Trinajstić information content (AvgIpc) is 3.06. The molecular weight excluding hydrogens is 350 g/mol. The lowest BCUT2D eigenvalue weighted by Crippen LogP contribution is -2.46. The van der Waals surface area contributed by atoms with Crippen molar-refractivity contribution in [3.63, 3.8) is 0 Å². The van der Waals surface area contributed by atoms with Crippen LogP contribution in [0.25, 0.3) is 0 Å². The number of aliphatic imine (C=N–C) groups is 1. The predicted molar refractivity (Wildman–Crippen MR) is 107 cm³/mol. The Morgan fingerprint density at radius 3 is 2.65 bits per heavy atom. The van der Waals surface area contributed by atoms with Crippen molar-refractivity contribution in [2.75, 3.05) is 60.0 Å². The molecule has 0 aromatic carbocycles. The fourth-order valence-electron chi connectivity index (χ4n) is 2.75. The number of ether oxygens (including phenoxy) is 1. The van der Waals surface area contributed by atoms with Gasteiger partial charge in [0.2, 0.25) is 5.91 Å². The van der Waals surface area contributed by atoms with Gasteiger partial charge in [-0.25, -0.2) is 4.99 Å². The SMILES string of the molecule is CCNC(=NCC(=O)N(C)C)NCC(c1ccc(C)s1)N1CCOCC1. The van der Waals surface area contributed by atoms with Gasteiger partial charge in [-0.05, 0) is 26.0 Å². The van der Waals surface area contributed by atoms with Crippen molar-refractivity contribution in [3.8, 4) is 0 Å². The quantitative estimate of drug-likeness (QED) is 0.546. The number of guanidine groups is 1. The number of nitrogens with one attached hydrogen (secondary N) is 2. The molecule has 1 aromatic rings. The smallest absolute Gasteiger partial charge is 0.243 e. The zero-order valence-electron chi connectivity index (χ0n) is 16.2. The second-order valence-corrected chi connectivity index (χ2v) is 7.80. The second kappa shape index (κ2) is 10.5. The molecular formula is C18H31N5O2S. The molecule has 1 aromatic heterocycles. The van der Waals surface area contributed by atoms with E-state index in [1.807, 2.05) is 18.3 Å². The molecule has 1 unspecified atom stereocenters. The number of rotatable bonds is 7. The Hall–Kier alpha value is -1.64. The number of nitrogens with zero attached hydrogens (tertiary/aromatic N) is 3. The zero-order valence-corrected chi connectivity index (χ0v) is 17.1. The predicted octanol–water partition coefficient (Wildman–Crippen LogP) is 1.07. The van der Waals surface area contributed by atoms with Crippen LogP contribution in [0, 0.1) is 6.92 Å². The molecule has 8 heteroatoms. The molecule has 146 valence electrons. The van der Waals surface area contributed by atoms with Crippen LogP contribution in [-0.2, 0) is 9.53 Å². The lowest BCUT2D eigenvalue weighted by molar-refractivity contribution is -0.127. The van der Waals surface area contributed by atoms with Gasteiger partial charge in [-0.15, -0.1) is 11.3 Å². The molecule has 1 atom stereocenters. The van der Waals surface area contributed by atoms with Crippen molar-refractivity contribution in [2.24, 2.45) is 4.99 Å². The van der Waals surface area contributed by atoms with Gasteiger partial charge in [0.15, 0.2) is 5.96 Å². The van der Waals surface area contributed by atoms with Crippen LogP contribution in [0.2, 0.25) is 0 Å². The summed E-state index contributed by atoms with van der Waals surface area (Å²) < 4.78 is 5.51. The van der Waals surface area contributed by atoms with Crippen LogP contribution in [0.4, 0.5) is 0 Å². The van der Waals surface area contributed by atoms with Gasteiger partial charge in [-0.2, -0.15) is 0 Å². The largest absolute Gasteiger partial charge is 0.379 e. The summed E-state index contributed by atoms with van der Waals surface area (Å²) >= 11 is 1.83. The van der Waals surface area contributed by atoms with Gasteiger partial charge in [0.1, 0.15) is 6.54 Å². The van der Waals surface area contributed by atoms with E-state index in [0.29, 0.717) is 5.96 Å². The zero-order chi connectivity index (χ0) is 18.9. The molecule has 0 bridgehead atoms. The first-order valence-electron chi connectivity index (χ1n) is 9.11. The summed E-state index contributed by atoms with van der Waals surface area (Å²) in [5.41, 5.74) is 0. The summed E-state index contributed by atoms with van der Waals surface area (Å²) in [6.07, 6.45) is 0. The molecule has 0 spiro atoms. The number of hydrogen-bond acceptors (Lipinski definition) is 5. The highest BCUT2D eigenvalue weighted by Gasteiger charge is 2.24.